The van der Waals surface area contributed by atoms with E-state index in [4.69, 9.17) is 11.6 Å². The zero-order valence-corrected chi connectivity index (χ0v) is 10.1. The van der Waals surface area contributed by atoms with Gasteiger partial charge in [0.2, 0.25) is 0 Å². The Morgan fingerprint density at radius 2 is 1.11 bits per heavy atom. The molecule has 0 aliphatic carbocycles. The van der Waals surface area contributed by atoms with Crippen LogP contribution in [0.5, 0.6) is 0 Å². The number of alkyl halides is 3. The first-order chi connectivity index (χ1) is 8.46. The maximum atomic E-state index is 13.7. The van der Waals surface area contributed by atoms with Crippen molar-refractivity contribution in [2.75, 3.05) is 0 Å². The van der Waals surface area contributed by atoms with E-state index in [1.807, 2.05) is 0 Å². The zero-order valence-electron chi connectivity index (χ0n) is 9.35. The number of benzene rings is 2. The molecule has 0 spiro atoms. The topological polar surface area (TPSA) is 20.2 Å². The van der Waals surface area contributed by atoms with Crippen molar-refractivity contribution in [1.82, 2.24) is 0 Å². The van der Waals surface area contributed by atoms with Crippen molar-refractivity contribution in [1.29, 1.82) is 0 Å². The monoisotopic (exact) mass is 268 g/mol. The van der Waals surface area contributed by atoms with Crippen molar-refractivity contribution >= 4 is 11.6 Å². The second-order valence-electron chi connectivity index (χ2n) is 3.94. The van der Waals surface area contributed by atoms with Crippen LogP contribution in [0.1, 0.15) is 11.1 Å². The van der Waals surface area contributed by atoms with E-state index in [0.29, 0.717) is 0 Å². The highest BCUT2D eigenvalue weighted by Gasteiger charge is 2.53. The average Bonchev–Trinajstić information content (AvgIpc) is 2.38. The van der Waals surface area contributed by atoms with Gasteiger partial charge in [0.1, 0.15) is 0 Å². The molecule has 2 aromatic rings. The lowest BCUT2D eigenvalue weighted by Gasteiger charge is -2.32. The molecule has 0 saturated heterocycles. The third-order valence-electron chi connectivity index (χ3n) is 2.79. The summed E-state index contributed by atoms with van der Waals surface area (Å²) in [5, 5.41) is 6.60. The summed E-state index contributed by atoms with van der Waals surface area (Å²) in [6.45, 7) is 0. The number of halogens is 3. The number of rotatable bonds is 3. The van der Waals surface area contributed by atoms with Crippen LogP contribution in [0.3, 0.4) is 0 Å². The second kappa shape index (κ2) is 4.67. The summed E-state index contributed by atoms with van der Waals surface area (Å²) in [5.74, 6) is 0. The van der Waals surface area contributed by atoms with Crippen LogP contribution in [0.25, 0.3) is 0 Å². The van der Waals surface area contributed by atoms with E-state index in [9.17, 15) is 13.9 Å². The standard InChI is InChI=1S/C14H11ClF2O/c15-14(16,17)13(18,11-7-3-1-4-8-11)12-9-5-2-6-10-12/h1-10,18H. The van der Waals surface area contributed by atoms with Gasteiger partial charge in [-0.25, -0.2) is 0 Å². The Kier molecular flexibility index (Phi) is 3.37. The summed E-state index contributed by atoms with van der Waals surface area (Å²) in [5.41, 5.74) is -2.44. The smallest absolute Gasteiger partial charge is 0.358 e. The molecule has 2 aromatic carbocycles. The summed E-state index contributed by atoms with van der Waals surface area (Å²) in [6.07, 6.45) is 0. The Labute approximate surface area is 109 Å². The van der Waals surface area contributed by atoms with Crippen LogP contribution in [0.2, 0.25) is 0 Å². The maximum Gasteiger partial charge on any atom is 0.358 e. The van der Waals surface area contributed by atoms with Gasteiger partial charge in [0.25, 0.3) is 0 Å². The molecule has 4 heteroatoms. The van der Waals surface area contributed by atoms with Gasteiger partial charge < -0.3 is 5.11 Å². The lowest BCUT2D eigenvalue weighted by Crippen LogP contribution is -2.42. The van der Waals surface area contributed by atoms with Crippen molar-refractivity contribution in [2.45, 2.75) is 11.0 Å². The van der Waals surface area contributed by atoms with Crippen LogP contribution in [-0.2, 0) is 5.60 Å². The molecule has 0 fully saturated rings. The minimum absolute atomic E-state index is 0.0520. The third-order valence-corrected chi connectivity index (χ3v) is 3.07. The molecule has 2 rings (SSSR count). The molecule has 0 amide bonds. The first-order valence-corrected chi connectivity index (χ1v) is 5.74. The summed E-state index contributed by atoms with van der Waals surface area (Å²) >= 11 is 5.13. The molecule has 0 heterocycles. The Hall–Kier alpha value is -1.45. The maximum absolute atomic E-state index is 13.7. The van der Waals surface area contributed by atoms with Gasteiger partial charge in [-0.15, -0.1) is 0 Å². The molecule has 18 heavy (non-hydrogen) atoms. The molecule has 0 radical (unpaired) electrons. The molecular weight excluding hydrogens is 258 g/mol. The summed E-state index contributed by atoms with van der Waals surface area (Å²) in [7, 11) is 0. The Morgan fingerprint density at radius 3 is 1.39 bits per heavy atom. The van der Waals surface area contributed by atoms with Crippen LogP contribution in [0, 0.1) is 0 Å². The molecule has 0 unspecified atom stereocenters. The van der Waals surface area contributed by atoms with E-state index in [0.717, 1.165) is 0 Å². The molecule has 0 bridgehead atoms. The van der Waals surface area contributed by atoms with Crippen molar-refractivity contribution in [3.8, 4) is 0 Å². The molecule has 0 aromatic heterocycles. The molecule has 94 valence electrons. The van der Waals surface area contributed by atoms with Gasteiger partial charge in [-0.05, 0) is 22.7 Å². The van der Waals surface area contributed by atoms with Crippen molar-refractivity contribution < 1.29 is 13.9 Å². The van der Waals surface area contributed by atoms with Crippen LogP contribution in [-0.4, -0.2) is 10.5 Å². The predicted octanol–water partition coefficient (Wildman–Crippen LogP) is 3.75. The SMILES string of the molecule is OC(c1ccccc1)(c1ccccc1)C(F)(F)Cl. The molecular formula is C14H11ClF2O. The van der Waals surface area contributed by atoms with Gasteiger partial charge in [0, 0.05) is 0 Å². The first kappa shape index (κ1) is 13.0. The summed E-state index contributed by atoms with van der Waals surface area (Å²) in [4.78, 5) is 0. The van der Waals surface area contributed by atoms with Gasteiger partial charge in [0.05, 0.1) is 0 Å². The number of hydrogen-bond donors (Lipinski definition) is 1. The first-order valence-electron chi connectivity index (χ1n) is 5.36. The minimum atomic E-state index is -3.81. The lowest BCUT2D eigenvalue weighted by atomic mass is 9.86. The van der Waals surface area contributed by atoms with Crippen molar-refractivity contribution in [3.05, 3.63) is 71.8 Å². The Balaban J connectivity index is 2.63. The molecule has 0 aliphatic rings. The van der Waals surface area contributed by atoms with Gasteiger partial charge in [-0.3, -0.25) is 0 Å². The van der Waals surface area contributed by atoms with Crippen LogP contribution < -0.4 is 0 Å². The number of hydrogen-bond acceptors (Lipinski definition) is 1. The highest BCUT2D eigenvalue weighted by Crippen LogP contribution is 2.45. The molecule has 0 saturated carbocycles. The normalized spacial score (nSPS) is 12.4. The van der Waals surface area contributed by atoms with Crippen LogP contribution >= 0.6 is 11.6 Å². The highest BCUT2D eigenvalue weighted by atomic mass is 35.5. The molecule has 0 aliphatic heterocycles. The summed E-state index contributed by atoms with van der Waals surface area (Å²) < 4.78 is 27.3. The van der Waals surface area contributed by atoms with Gasteiger partial charge in [-0.1, -0.05) is 60.7 Å². The van der Waals surface area contributed by atoms with Crippen molar-refractivity contribution in [2.24, 2.45) is 0 Å². The van der Waals surface area contributed by atoms with Gasteiger partial charge in [0.15, 0.2) is 5.60 Å². The Bertz CT molecular complexity index is 469. The Morgan fingerprint density at radius 1 is 0.778 bits per heavy atom. The van der Waals surface area contributed by atoms with E-state index >= 15 is 0 Å². The van der Waals surface area contributed by atoms with Gasteiger partial charge >= 0.3 is 5.38 Å². The second-order valence-corrected chi connectivity index (χ2v) is 4.41. The third kappa shape index (κ3) is 2.11. The van der Waals surface area contributed by atoms with Gasteiger partial charge in [-0.2, -0.15) is 8.78 Å². The number of aliphatic hydroxyl groups is 1. The minimum Gasteiger partial charge on any atom is -0.373 e. The van der Waals surface area contributed by atoms with E-state index in [2.05, 4.69) is 0 Å². The van der Waals surface area contributed by atoms with E-state index < -0.39 is 11.0 Å². The molecule has 1 N–H and O–H groups in total. The van der Waals surface area contributed by atoms with Crippen molar-refractivity contribution in [3.63, 3.8) is 0 Å². The molecule has 1 nitrogen and oxygen atoms in total. The zero-order chi connectivity index (χ0) is 13.2. The summed E-state index contributed by atoms with van der Waals surface area (Å²) in [6, 6.07) is 15.3. The fraction of sp³-hybridized carbons (Fsp3) is 0.143. The average molecular weight is 269 g/mol. The molecule has 0 atom stereocenters. The van der Waals surface area contributed by atoms with E-state index in [-0.39, 0.29) is 11.1 Å². The van der Waals surface area contributed by atoms with Crippen LogP contribution in [0.4, 0.5) is 8.78 Å². The van der Waals surface area contributed by atoms with E-state index in [1.54, 1.807) is 36.4 Å². The highest BCUT2D eigenvalue weighted by molar-refractivity contribution is 6.22. The van der Waals surface area contributed by atoms with E-state index in [1.165, 1.54) is 24.3 Å². The fourth-order valence-electron chi connectivity index (χ4n) is 1.85. The quantitative estimate of drug-likeness (QED) is 0.841. The lowest BCUT2D eigenvalue weighted by molar-refractivity contribution is -0.104. The largest absolute Gasteiger partial charge is 0.373 e. The van der Waals surface area contributed by atoms with Crippen LogP contribution in [0.15, 0.2) is 60.7 Å². The fourth-order valence-corrected chi connectivity index (χ4v) is 2.07. The predicted molar refractivity (Wildman–Crippen MR) is 66.7 cm³/mol.